The van der Waals surface area contributed by atoms with Crippen LogP contribution in [-0.4, -0.2) is 14.6 Å². The molecule has 2 heterocycles. The summed E-state index contributed by atoms with van der Waals surface area (Å²) < 4.78 is 1.94. The molecule has 0 aliphatic carbocycles. The maximum Gasteiger partial charge on any atom is 0.163 e. The van der Waals surface area contributed by atoms with Crippen molar-refractivity contribution in [1.29, 1.82) is 0 Å². The molecule has 3 aromatic rings. The highest BCUT2D eigenvalue weighted by Gasteiger charge is 2.10. The van der Waals surface area contributed by atoms with Crippen molar-refractivity contribution in [3.05, 3.63) is 35.2 Å². The van der Waals surface area contributed by atoms with Crippen LogP contribution in [-0.2, 0) is 0 Å². The Morgan fingerprint density at radius 1 is 1.19 bits per heavy atom. The number of hydrogen-bond acceptors (Lipinski definition) is 2. The van der Waals surface area contributed by atoms with Crippen LogP contribution in [0, 0.1) is 6.92 Å². The van der Waals surface area contributed by atoms with Crippen molar-refractivity contribution in [2.75, 3.05) is 0 Å². The van der Waals surface area contributed by atoms with Crippen molar-refractivity contribution in [2.45, 2.75) is 20.8 Å². The van der Waals surface area contributed by atoms with Gasteiger partial charge in [0.25, 0.3) is 0 Å². The lowest BCUT2D eigenvalue weighted by atomic mass is 10.2. The molecule has 2 aromatic heterocycles. The second-order valence-electron chi connectivity index (χ2n) is 4.30. The summed E-state index contributed by atoms with van der Waals surface area (Å²) in [5.41, 5.74) is 5.36. The van der Waals surface area contributed by atoms with Gasteiger partial charge in [-0.15, -0.1) is 0 Å². The third kappa shape index (κ3) is 1.08. The first-order valence-electron chi connectivity index (χ1n) is 5.40. The van der Waals surface area contributed by atoms with Crippen molar-refractivity contribution >= 4 is 22.3 Å². The van der Waals surface area contributed by atoms with E-state index in [0.29, 0.717) is 0 Å². The first-order valence-corrected chi connectivity index (χ1v) is 5.40. The van der Waals surface area contributed by atoms with E-state index in [1.165, 1.54) is 10.8 Å². The van der Waals surface area contributed by atoms with Gasteiger partial charge in [-0.25, -0.2) is 9.50 Å². The third-order valence-electron chi connectivity index (χ3n) is 2.87. The van der Waals surface area contributed by atoms with Crippen molar-refractivity contribution < 1.29 is 0 Å². The van der Waals surface area contributed by atoms with Gasteiger partial charge in [-0.3, -0.25) is 0 Å². The van der Waals surface area contributed by atoms with Crippen LogP contribution in [0.4, 0.5) is 0 Å². The first kappa shape index (κ1) is 9.33. The van der Waals surface area contributed by atoms with Crippen LogP contribution in [0.1, 0.15) is 19.5 Å². The number of fused-ring (bicyclic) bond motifs is 3. The fourth-order valence-corrected chi connectivity index (χ4v) is 2.22. The molecule has 1 aromatic carbocycles. The summed E-state index contributed by atoms with van der Waals surface area (Å²) in [5.74, 6) is 0. The highest BCUT2D eigenvalue weighted by Crippen LogP contribution is 2.14. The number of hydrogen-bond donors (Lipinski definition) is 0. The third-order valence-corrected chi connectivity index (χ3v) is 2.87. The van der Waals surface area contributed by atoms with Crippen molar-refractivity contribution in [2.24, 2.45) is 0 Å². The Morgan fingerprint density at radius 2 is 1.94 bits per heavy atom. The average molecular weight is 211 g/mol. The lowest BCUT2D eigenvalue weighted by molar-refractivity contribution is 0.973. The van der Waals surface area contributed by atoms with Crippen molar-refractivity contribution in [1.82, 2.24) is 14.6 Å². The van der Waals surface area contributed by atoms with E-state index in [-0.39, 0.29) is 0 Å². The molecule has 16 heavy (non-hydrogen) atoms. The van der Waals surface area contributed by atoms with Crippen LogP contribution in [0.5, 0.6) is 0 Å². The summed E-state index contributed by atoms with van der Waals surface area (Å²) in [4.78, 5) is 4.64. The average Bonchev–Trinajstić information content (AvgIpc) is 2.71. The standard InChI is InChI=1S/C13H13N3/c1-8(2)12-9(3)15-16-11-7-5-4-6-10(11)14-13(12)16/h4-7H,1-3H3. The molecule has 3 heteroatoms. The highest BCUT2D eigenvalue weighted by atomic mass is 15.3. The minimum Gasteiger partial charge on any atom is -0.226 e. The van der Waals surface area contributed by atoms with Gasteiger partial charge in [-0.05, 0) is 32.9 Å². The Balaban J connectivity index is 2.64. The highest BCUT2D eigenvalue weighted by molar-refractivity contribution is 5.80. The number of imidazole rings is 1. The maximum absolute atomic E-state index is 4.64. The van der Waals surface area contributed by atoms with Gasteiger partial charge in [-0.1, -0.05) is 17.7 Å². The summed E-state index contributed by atoms with van der Waals surface area (Å²) in [6, 6.07) is 8.09. The molecule has 0 aliphatic heterocycles. The van der Waals surface area contributed by atoms with E-state index < -0.39 is 0 Å². The molecule has 3 rings (SSSR count). The van der Waals surface area contributed by atoms with Gasteiger partial charge in [0.2, 0.25) is 0 Å². The molecule has 0 amide bonds. The molecular weight excluding hydrogens is 198 g/mol. The quantitative estimate of drug-likeness (QED) is 0.570. The molecule has 0 spiro atoms. The molecule has 3 nitrogen and oxygen atoms in total. The van der Waals surface area contributed by atoms with Gasteiger partial charge in [0.15, 0.2) is 5.65 Å². The lowest BCUT2D eigenvalue weighted by Gasteiger charge is -1.87. The number of nitrogens with zero attached hydrogens (tertiary/aromatic N) is 3. The molecule has 0 bridgehead atoms. The SMILES string of the molecule is CC(C)=c1c(C)nn2c1nc1ccccc12. The fraction of sp³-hybridized carbons (Fsp3) is 0.231. The first-order chi connectivity index (χ1) is 7.68. The summed E-state index contributed by atoms with van der Waals surface area (Å²) in [6.45, 7) is 6.23. The predicted molar refractivity (Wildman–Crippen MR) is 65.2 cm³/mol. The summed E-state index contributed by atoms with van der Waals surface area (Å²) in [6.07, 6.45) is 0. The van der Waals surface area contributed by atoms with E-state index in [1.807, 2.05) is 29.6 Å². The van der Waals surface area contributed by atoms with Gasteiger partial charge in [0.05, 0.1) is 16.7 Å². The lowest BCUT2D eigenvalue weighted by Crippen LogP contribution is -2.05. The Kier molecular flexibility index (Phi) is 1.78. The molecule has 80 valence electrons. The van der Waals surface area contributed by atoms with Gasteiger partial charge >= 0.3 is 0 Å². The molecule has 0 saturated heterocycles. The number of rotatable bonds is 0. The van der Waals surface area contributed by atoms with E-state index in [0.717, 1.165) is 22.4 Å². The van der Waals surface area contributed by atoms with Crippen LogP contribution in [0.2, 0.25) is 0 Å². The van der Waals surface area contributed by atoms with E-state index >= 15 is 0 Å². The molecule has 0 N–H and O–H groups in total. The van der Waals surface area contributed by atoms with Gasteiger partial charge in [0, 0.05) is 5.22 Å². The van der Waals surface area contributed by atoms with Gasteiger partial charge in [-0.2, -0.15) is 5.10 Å². The second-order valence-corrected chi connectivity index (χ2v) is 4.30. The molecular formula is C13H13N3. The molecule has 0 unspecified atom stereocenters. The zero-order valence-electron chi connectivity index (χ0n) is 9.65. The van der Waals surface area contributed by atoms with E-state index in [2.05, 4.69) is 30.0 Å². The Morgan fingerprint density at radius 3 is 2.69 bits per heavy atom. The topological polar surface area (TPSA) is 30.2 Å². The van der Waals surface area contributed by atoms with Crippen LogP contribution >= 0.6 is 0 Å². The van der Waals surface area contributed by atoms with Crippen LogP contribution in [0.15, 0.2) is 24.3 Å². The largest absolute Gasteiger partial charge is 0.226 e. The summed E-state index contributed by atoms with van der Waals surface area (Å²) in [5, 5.41) is 5.73. The molecule has 0 aliphatic rings. The zero-order valence-corrected chi connectivity index (χ0v) is 9.65. The van der Waals surface area contributed by atoms with Gasteiger partial charge in [0.1, 0.15) is 0 Å². The van der Waals surface area contributed by atoms with E-state index in [1.54, 1.807) is 0 Å². The fourth-order valence-electron chi connectivity index (χ4n) is 2.22. The van der Waals surface area contributed by atoms with Crippen LogP contribution in [0.3, 0.4) is 0 Å². The normalized spacial score (nSPS) is 11.4. The number of aryl methyl sites for hydroxylation is 1. The number of benzene rings is 1. The molecule has 0 radical (unpaired) electrons. The minimum atomic E-state index is 0.971. The zero-order chi connectivity index (χ0) is 11.3. The van der Waals surface area contributed by atoms with E-state index in [9.17, 15) is 0 Å². The van der Waals surface area contributed by atoms with Crippen molar-refractivity contribution in [3.8, 4) is 0 Å². The van der Waals surface area contributed by atoms with Crippen LogP contribution < -0.4 is 5.22 Å². The number of para-hydroxylation sites is 2. The van der Waals surface area contributed by atoms with Crippen molar-refractivity contribution in [3.63, 3.8) is 0 Å². The molecule has 0 atom stereocenters. The molecule has 0 saturated carbocycles. The number of aromatic nitrogens is 3. The minimum absolute atomic E-state index is 0.971. The Bertz CT molecular complexity index is 733. The predicted octanol–water partition coefficient (Wildman–Crippen LogP) is 2.10. The Labute approximate surface area is 93.4 Å². The van der Waals surface area contributed by atoms with Gasteiger partial charge < -0.3 is 0 Å². The summed E-state index contributed by atoms with van der Waals surface area (Å²) >= 11 is 0. The Hall–Kier alpha value is -1.90. The maximum atomic E-state index is 4.64. The summed E-state index contributed by atoms with van der Waals surface area (Å²) in [7, 11) is 0. The van der Waals surface area contributed by atoms with Crippen LogP contribution in [0.25, 0.3) is 22.3 Å². The monoisotopic (exact) mass is 211 g/mol. The smallest absolute Gasteiger partial charge is 0.163 e. The molecule has 0 fully saturated rings. The van der Waals surface area contributed by atoms with E-state index in [4.69, 9.17) is 0 Å². The second kappa shape index (κ2) is 3.04.